The lowest BCUT2D eigenvalue weighted by atomic mass is 10.2. The fraction of sp³-hybridized carbons (Fsp3) is 0.455. The average molecular weight is 287 g/mol. The van der Waals surface area contributed by atoms with E-state index in [1.807, 2.05) is 0 Å². The van der Waals surface area contributed by atoms with Crippen molar-refractivity contribution >= 4 is 15.9 Å². The van der Waals surface area contributed by atoms with Gasteiger partial charge in [0.15, 0.2) is 0 Å². The van der Waals surface area contributed by atoms with Crippen molar-refractivity contribution in [2.75, 3.05) is 26.5 Å². The number of rotatable bonds is 6. The van der Waals surface area contributed by atoms with Gasteiger partial charge in [0, 0.05) is 25.4 Å². The van der Waals surface area contributed by atoms with Crippen LogP contribution in [0.1, 0.15) is 16.1 Å². The molecule has 106 valence electrons. The Labute approximate surface area is 112 Å². The summed E-state index contributed by atoms with van der Waals surface area (Å²) in [6, 6.07) is 3.06. The minimum absolute atomic E-state index is 0.0314. The number of aromatic nitrogens is 1. The van der Waals surface area contributed by atoms with Gasteiger partial charge in [-0.25, -0.2) is 13.1 Å². The summed E-state index contributed by atoms with van der Waals surface area (Å²) in [5, 5.41) is 8.78. The van der Waals surface area contributed by atoms with Gasteiger partial charge < -0.3 is 10.0 Å². The molecule has 0 atom stereocenters. The van der Waals surface area contributed by atoms with Gasteiger partial charge in [-0.2, -0.15) is 0 Å². The van der Waals surface area contributed by atoms with Crippen molar-refractivity contribution in [3.63, 3.8) is 0 Å². The number of hydrogen-bond acceptors (Lipinski definition) is 5. The SMILES string of the molecule is CN(CCO)C(=O)c1ccnc(CNS(C)(=O)=O)c1. The van der Waals surface area contributed by atoms with Crippen molar-refractivity contribution in [1.29, 1.82) is 0 Å². The summed E-state index contributed by atoms with van der Waals surface area (Å²) < 4.78 is 24.3. The Kier molecular flexibility index (Phi) is 5.40. The van der Waals surface area contributed by atoms with Crippen LogP contribution in [-0.4, -0.2) is 55.8 Å². The molecular weight excluding hydrogens is 270 g/mol. The zero-order valence-corrected chi connectivity index (χ0v) is 11.6. The number of hydrogen-bond donors (Lipinski definition) is 2. The lowest BCUT2D eigenvalue weighted by Crippen LogP contribution is -2.29. The van der Waals surface area contributed by atoms with Crippen LogP contribution in [0.4, 0.5) is 0 Å². The summed E-state index contributed by atoms with van der Waals surface area (Å²) in [5.74, 6) is -0.253. The highest BCUT2D eigenvalue weighted by molar-refractivity contribution is 7.88. The molecule has 2 N–H and O–H groups in total. The second-order valence-corrected chi connectivity index (χ2v) is 5.91. The van der Waals surface area contributed by atoms with E-state index in [-0.39, 0.29) is 25.6 Å². The summed E-state index contributed by atoms with van der Waals surface area (Å²) >= 11 is 0. The molecule has 0 aromatic carbocycles. The Balaban J connectivity index is 2.79. The molecule has 19 heavy (non-hydrogen) atoms. The lowest BCUT2D eigenvalue weighted by Gasteiger charge is -2.15. The fourth-order valence-corrected chi connectivity index (χ4v) is 1.79. The smallest absolute Gasteiger partial charge is 0.253 e. The van der Waals surface area contributed by atoms with Gasteiger partial charge in [-0.15, -0.1) is 0 Å². The minimum atomic E-state index is -3.30. The van der Waals surface area contributed by atoms with Gasteiger partial charge in [-0.3, -0.25) is 9.78 Å². The number of nitrogens with one attached hydrogen (secondary N) is 1. The largest absolute Gasteiger partial charge is 0.395 e. The number of amides is 1. The zero-order valence-electron chi connectivity index (χ0n) is 10.8. The van der Waals surface area contributed by atoms with Crippen molar-refractivity contribution in [3.8, 4) is 0 Å². The van der Waals surface area contributed by atoms with Crippen LogP contribution in [0.3, 0.4) is 0 Å². The third kappa shape index (κ3) is 5.33. The van der Waals surface area contributed by atoms with Crippen molar-refractivity contribution in [1.82, 2.24) is 14.6 Å². The van der Waals surface area contributed by atoms with E-state index in [1.54, 1.807) is 13.1 Å². The monoisotopic (exact) mass is 287 g/mol. The van der Waals surface area contributed by atoms with Crippen LogP contribution in [0.25, 0.3) is 0 Å². The van der Waals surface area contributed by atoms with Crippen LogP contribution in [-0.2, 0) is 16.6 Å². The Hall–Kier alpha value is -1.51. The molecule has 0 bridgehead atoms. The normalized spacial score (nSPS) is 11.3. The van der Waals surface area contributed by atoms with Crippen molar-refractivity contribution < 1.29 is 18.3 Å². The van der Waals surface area contributed by atoms with E-state index in [0.717, 1.165) is 6.26 Å². The first kappa shape index (κ1) is 15.5. The molecule has 0 saturated heterocycles. The van der Waals surface area contributed by atoms with Gasteiger partial charge in [0.25, 0.3) is 5.91 Å². The quantitative estimate of drug-likeness (QED) is 0.713. The molecule has 8 heteroatoms. The zero-order chi connectivity index (χ0) is 14.5. The Morgan fingerprint density at radius 2 is 2.21 bits per heavy atom. The maximum Gasteiger partial charge on any atom is 0.253 e. The fourth-order valence-electron chi connectivity index (χ4n) is 1.38. The number of sulfonamides is 1. The molecule has 0 radical (unpaired) electrons. The molecule has 0 aliphatic rings. The summed E-state index contributed by atoms with van der Waals surface area (Å²) in [7, 11) is -1.72. The first-order valence-corrected chi connectivity index (χ1v) is 7.48. The second kappa shape index (κ2) is 6.60. The third-order valence-corrected chi connectivity index (χ3v) is 3.03. The highest BCUT2D eigenvalue weighted by Gasteiger charge is 2.12. The summed E-state index contributed by atoms with van der Waals surface area (Å²) in [4.78, 5) is 17.3. The first-order chi connectivity index (χ1) is 8.83. The number of aliphatic hydroxyl groups is 1. The Morgan fingerprint density at radius 3 is 2.79 bits per heavy atom. The maximum absolute atomic E-state index is 11.9. The van der Waals surface area contributed by atoms with Gasteiger partial charge in [-0.05, 0) is 12.1 Å². The van der Waals surface area contributed by atoms with E-state index in [0.29, 0.717) is 11.3 Å². The van der Waals surface area contributed by atoms with Crippen molar-refractivity contribution in [2.24, 2.45) is 0 Å². The van der Waals surface area contributed by atoms with Gasteiger partial charge in [0.2, 0.25) is 10.0 Å². The van der Waals surface area contributed by atoms with Crippen molar-refractivity contribution in [3.05, 3.63) is 29.6 Å². The van der Waals surface area contributed by atoms with E-state index >= 15 is 0 Å². The van der Waals surface area contributed by atoms with E-state index in [1.165, 1.54) is 17.2 Å². The van der Waals surface area contributed by atoms with Gasteiger partial charge >= 0.3 is 0 Å². The molecule has 0 unspecified atom stereocenters. The second-order valence-electron chi connectivity index (χ2n) is 4.08. The Bertz CT molecular complexity index is 545. The van der Waals surface area contributed by atoms with E-state index < -0.39 is 10.0 Å². The molecule has 1 amide bonds. The van der Waals surface area contributed by atoms with Crippen LogP contribution < -0.4 is 4.72 Å². The number of nitrogens with zero attached hydrogens (tertiary/aromatic N) is 2. The van der Waals surface area contributed by atoms with E-state index in [9.17, 15) is 13.2 Å². The lowest BCUT2D eigenvalue weighted by molar-refractivity contribution is 0.0766. The predicted molar refractivity (Wildman–Crippen MR) is 70.0 cm³/mol. The highest BCUT2D eigenvalue weighted by Crippen LogP contribution is 2.05. The third-order valence-electron chi connectivity index (χ3n) is 2.36. The van der Waals surface area contributed by atoms with Crippen LogP contribution in [0.15, 0.2) is 18.3 Å². The Morgan fingerprint density at radius 1 is 1.53 bits per heavy atom. The average Bonchev–Trinajstić information content (AvgIpc) is 2.35. The molecule has 7 nitrogen and oxygen atoms in total. The molecule has 1 aromatic heterocycles. The van der Waals surface area contributed by atoms with Gasteiger partial charge in [0.05, 0.1) is 25.1 Å². The van der Waals surface area contributed by atoms with Crippen molar-refractivity contribution in [2.45, 2.75) is 6.54 Å². The number of carbonyl (C=O) groups excluding carboxylic acids is 1. The molecule has 0 saturated carbocycles. The van der Waals surface area contributed by atoms with Crippen LogP contribution in [0.5, 0.6) is 0 Å². The molecule has 0 spiro atoms. The topological polar surface area (TPSA) is 99.6 Å². The van der Waals surface area contributed by atoms with E-state index in [4.69, 9.17) is 5.11 Å². The maximum atomic E-state index is 11.9. The minimum Gasteiger partial charge on any atom is -0.395 e. The number of carbonyl (C=O) groups is 1. The summed E-state index contributed by atoms with van der Waals surface area (Å²) in [5.41, 5.74) is 0.852. The summed E-state index contributed by atoms with van der Waals surface area (Å²) in [6.07, 6.45) is 2.50. The standard InChI is InChI=1S/C11H17N3O4S/c1-14(5-6-15)11(16)9-3-4-12-10(7-9)8-13-19(2,17)18/h3-4,7,13,15H,5-6,8H2,1-2H3. The number of likely N-dealkylation sites (N-methyl/N-ethyl adjacent to an activating group) is 1. The highest BCUT2D eigenvalue weighted by atomic mass is 32.2. The molecule has 0 aliphatic carbocycles. The molecule has 1 aromatic rings. The molecule has 0 aliphatic heterocycles. The molecule has 1 heterocycles. The first-order valence-electron chi connectivity index (χ1n) is 5.59. The molecule has 1 rings (SSSR count). The number of pyridine rings is 1. The number of aliphatic hydroxyl groups excluding tert-OH is 1. The molecule has 0 fully saturated rings. The molecular formula is C11H17N3O4S. The van der Waals surface area contributed by atoms with Crippen LogP contribution in [0.2, 0.25) is 0 Å². The van der Waals surface area contributed by atoms with Gasteiger partial charge in [-0.1, -0.05) is 0 Å². The van der Waals surface area contributed by atoms with Gasteiger partial charge in [0.1, 0.15) is 0 Å². The van der Waals surface area contributed by atoms with Crippen LogP contribution >= 0.6 is 0 Å². The van der Waals surface area contributed by atoms with E-state index in [2.05, 4.69) is 9.71 Å². The summed E-state index contributed by atoms with van der Waals surface area (Å²) in [6.45, 7) is 0.150. The predicted octanol–water partition coefficient (Wildman–Crippen LogP) is -0.805. The van der Waals surface area contributed by atoms with Crippen LogP contribution in [0, 0.1) is 0 Å².